The van der Waals surface area contributed by atoms with Crippen molar-refractivity contribution in [1.82, 2.24) is 14.8 Å². The second kappa shape index (κ2) is 11.6. The lowest BCUT2D eigenvalue weighted by molar-refractivity contribution is -0.132. The van der Waals surface area contributed by atoms with Crippen molar-refractivity contribution < 1.29 is 23.5 Å². The van der Waals surface area contributed by atoms with Crippen molar-refractivity contribution in [3.8, 4) is 11.5 Å². The molecule has 8 heteroatoms. The Morgan fingerprint density at radius 3 is 2.54 bits per heavy atom. The van der Waals surface area contributed by atoms with Gasteiger partial charge in [-0.15, -0.1) is 0 Å². The zero-order valence-electron chi connectivity index (χ0n) is 22.2. The summed E-state index contributed by atoms with van der Waals surface area (Å²) < 4.78 is 24.4. The third-order valence-corrected chi connectivity index (χ3v) is 6.78. The Bertz CT molecular complexity index is 1460. The minimum atomic E-state index is -0.326. The van der Waals surface area contributed by atoms with Gasteiger partial charge in [0.05, 0.1) is 0 Å². The summed E-state index contributed by atoms with van der Waals surface area (Å²) in [4.78, 5) is 33.9. The third-order valence-electron chi connectivity index (χ3n) is 6.78. The first-order chi connectivity index (χ1) is 18.9. The van der Waals surface area contributed by atoms with E-state index in [0.717, 1.165) is 22.0 Å². The topological polar surface area (TPSA) is 74.9 Å². The predicted molar refractivity (Wildman–Crippen MR) is 147 cm³/mol. The van der Waals surface area contributed by atoms with Crippen LogP contribution in [0.1, 0.15) is 35.3 Å². The Balaban J connectivity index is 1.36. The Kier molecular flexibility index (Phi) is 7.81. The van der Waals surface area contributed by atoms with Crippen LogP contribution < -0.4 is 9.47 Å². The van der Waals surface area contributed by atoms with Crippen LogP contribution in [-0.4, -0.2) is 53.0 Å². The van der Waals surface area contributed by atoms with Gasteiger partial charge in [-0.05, 0) is 59.9 Å². The highest BCUT2D eigenvalue weighted by Crippen LogP contribution is 2.33. The summed E-state index contributed by atoms with van der Waals surface area (Å²) in [5.41, 5.74) is 3.41. The number of nitrogens with one attached hydrogen (secondary N) is 1. The van der Waals surface area contributed by atoms with Crippen LogP contribution in [0.15, 0.2) is 72.9 Å². The van der Waals surface area contributed by atoms with Gasteiger partial charge in [-0.3, -0.25) is 9.59 Å². The van der Waals surface area contributed by atoms with Gasteiger partial charge in [0.2, 0.25) is 12.7 Å². The van der Waals surface area contributed by atoms with Crippen LogP contribution in [0.2, 0.25) is 0 Å². The first kappa shape index (κ1) is 26.3. The molecule has 202 valence electrons. The SMILES string of the molecule is CC(C)CN(CC(=O)N(CCc1c[nH]c2ccccc12)Cc1ccc(F)cc1)C(=O)c1ccc2c(c1)OCO2. The van der Waals surface area contributed by atoms with Crippen LogP contribution in [0.25, 0.3) is 10.9 Å². The number of fused-ring (bicyclic) bond motifs is 2. The summed E-state index contributed by atoms with van der Waals surface area (Å²) in [7, 11) is 0. The molecule has 2 heterocycles. The molecule has 0 atom stereocenters. The van der Waals surface area contributed by atoms with E-state index in [-0.39, 0.29) is 36.9 Å². The van der Waals surface area contributed by atoms with E-state index < -0.39 is 0 Å². The number of halogens is 1. The molecular formula is C31H32FN3O4. The molecule has 0 radical (unpaired) electrons. The van der Waals surface area contributed by atoms with Crippen molar-refractivity contribution in [2.45, 2.75) is 26.8 Å². The maximum atomic E-state index is 13.8. The van der Waals surface area contributed by atoms with Gasteiger partial charge in [0.1, 0.15) is 12.4 Å². The van der Waals surface area contributed by atoms with Crippen molar-refractivity contribution in [1.29, 1.82) is 0 Å². The van der Waals surface area contributed by atoms with Crippen molar-refractivity contribution in [3.63, 3.8) is 0 Å². The Labute approximate surface area is 227 Å². The number of rotatable bonds is 10. The molecule has 1 aliphatic heterocycles. The van der Waals surface area contributed by atoms with Crippen LogP contribution in [0, 0.1) is 11.7 Å². The quantitative estimate of drug-likeness (QED) is 0.298. The molecule has 0 fully saturated rings. The Morgan fingerprint density at radius 1 is 0.974 bits per heavy atom. The van der Waals surface area contributed by atoms with Crippen LogP contribution in [0.5, 0.6) is 11.5 Å². The molecule has 0 bridgehead atoms. The van der Waals surface area contributed by atoms with Crippen LogP contribution in [-0.2, 0) is 17.8 Å². The molecular weight excluding hydrogens is 497 g/mol. The first-order valence-corrected chi connectivity index (χ1v) is 13.1. The van der Waals surface area contributed by atoms with Gasteiger partial charge in [-0.1, -0.05) is 44.2 Å². The molecule has 3 aromatic carbocycles. The summed E-state index contributed by atoms with van der Waals surface area (Å²) in [5.74, 6) is 0.539. The van der Waals surface area contributed by atoms with Gasteiger partial charge >= 0.3 is 0 Å². The molecule has 1 aliphatic rings. The Morgan fingerprint density at radius 2 is 1.74 bits per heavy atom. The molecule has 39 heavy (non-hydrogen) atoms. The van der Waals surface area contributed by atoms with E-state index in [0.29, 0.717) is 43.1 Å². The second-order valence-corrected chi connectivity index (χ2v) is 10.2. The number of ether oxygens (including phenoxy) is 2. The summed E-state index contributed by atoms with van der Waals surface area (Å²) >= 11 is 0. The number of carbonyl (C=O) groups excluding carboxylic acids is 2. The van der Waals surface area contributed by atoms with E-state index in [2.05, 4.69) is 11.1 Å². The van der Waals surface area contributed by atoms with Crippen LogP contribution in [0.3, 0.4) is 0 Å². The number of carbonyl (C=O) groups is 2. The van der Waals surface area contributed by atoms with E-state index >= 15 is 0 Å². The lowest BCUT2D eigenvalue weighted by atomic mass is 10.1. The standard InChI is InChI=1S/C31H32FN3O4/c1-21(2)17-35(31(37)23-9-12-28-29(15-23)39-20-38-28)19-30(36)34(18-22-7-10-25(32)11-8-22)14-13-24-16-33-27-6-4-3-5-26(24)27/h3-12,15-16,21,33H,13-14,17-20H2,1-2H3. The van der Waals surface area contributed by atoms with Crippen LogP contribution in [0.4, 0.5) is 4.39 Å². The molecule has 2 amide bonds. The average molecular weight is 530 g/mol. The molecule has 0 unspecified atom stereocenters. The van der Waals surface area contributed by atoms with Crippen molar-refractivity contribution in [2.24, 2.45) is 5.92 Å². The average Bonchev–Trinajstić information content (AvgIpc) is 3.57. The van der Waals surface area contributed by atoms with Crippen molar-refractivity contribution in [3.05, 3.63) is 95.4 Å². The highest BCUT2D eigenvalue weighted by atomic mass is 19.1. The number of aromatic nitrogens is 1. The molecule has 1 N–H and O–H groups in total. The highest BCUT2D eigenvalue weighted by molar-refractivity contribution is 5.97. The van der Waals surface area contributed by atoms with Crippen LogP contribution >= 0.6 is 0 Å². The van der Waals surface area contributed by atoms with Gasteiger partial charge in [-0.2, -0.15) is 0 Å². The summed E-state index contributed by atoms with van der Waals surface area (Å²) in [6, 6.07) is 19.3. The van der Waals surface area contributed by atoms with E-state index in [4.69, 9.17) is 9.47 Å². The number of aromatic amines is 1. The van der Waals surface area contributed by atoms with Crippen molar-refractivity contribution >= 4 is 22.7 Å². The molecule has 0 saturated heterocycles. The maximum absolute atomic E-state index is 13.8. The Hall–Kier alpha value is -4.33. The van der Waals surface area contributed by atoms with Gasteiger partial charge in [-0.25, -0.2) is 4.39 Å². The number of hydrogen-bond acceptors (Lipinski definition) is 4. The molecule has 0 aliphatic carbocycles. The fourth-order valence-electron chi connectivity index (χ4n) is 4.83. The minimum absolute atomic E-state index is 0.0689. The molecule has 7 nitrogen and oxygen atoms in total. The summed E-state index contributed by atoms with van der Waals surface area (Å²) in [6.45, 7) is 5.26. The minimum Gasteiger partial charge on any atom is -0.454 e. The maximum Gasteiger partial charge on any atom is 0.254 e. The molecule has 0 spiro atoms. The van der Waals surface area contributed by atoms with E-state index in [1.54, 1.807) is 40.1 Å². The highest BCUT2D eigenvalue weighted by Gasteiger charge is 2.25. The van der Waals surface area contributed by atoms with Gasteiger partial charge in [0.15, 0.2) is 11.5 Å². The number of para-hydroxylation sites is 1. The van der Waals surface area contributed by atoms with Gasteiger partial charge in [0.25, 0.3) is 5.91 Å². The second-order valence-electron chi connectivity index (χ2n) is 10.2. The normalized spacial score (nSPS) is 12.2. The number of hydrogen-bond donors (Lipinski definition) is 1. The van der Waals surface area contributed by atoms with Crippen molar-refractivity contribution in [2.75, 3.05) is 26.4 Å². The monoisotopic (exact) mass is 529 g/mol. The molecule has 1 aromatic heterocycles. The summed E-state index contributed by atoms with van der Waals surface area (Å²) in [6.07, 6.45) is 2.61. The lowest BCUT2D eigenvalue weighted by Gasteiger charge is -2.29. The zero-order chi connectivity index (χ0) is 27.4. The zero-order valence-corrected chi connectivity index (χ0v) is 22.2. The largest absolute Gasteiger partial charge is 0.454 e. The first-order valence-electron chi connectivity index (χ1n) is 13.1. The summed E-state index contributed by atoms with van der Waals surface area (Å²) in [5, 5.41) is 1.12. The number of H-pyrrole nitrogens is 1. The number of benzene rings is 3. The third kappa shape index (κ3) is 6.22. The predicted octanol–water partition coefficient (Wildman–Crippen LogP) is 5.41. The number of amides is 2. The smallest absolute Gasteiger partial charge is 0.254 e. The lowest BCUT2D eigenvalue weighted by Crippen LogP contribution is -2.44. The van der Waals surface area contributed by atoms with E-state index in [1.165, 1.54) is 12.1 Å². The van der Waals surface area contributed by atoms with Gasteiger partial charge in [0, 0.05) is 42.3 Å². The molecule has 4 aromatic rings. The van der Waals surface area contributed by atoms with Gasteiger partial charge < -0.3 is 24.3 Å². The fourth-order valence-corrected chi connectivity index (χ4v) is 4.83. The van der Waals surface area contributed by atoms with E-state index in [1.807, 2.05) is 38.2 Å². The number of nitrogens with zero attached hydrogens (tertiary/aromatic N) is 2. The molecule has 5 rings (SSSR count). The fraction of sp³-hybridized carbons (Fsp3) is 0.290. The van der Waals surface area contributed by atoms with E-state index in [9.17, 15) is 14.0 Å². The molecule has 0 saturated carbocycles.